The van der Waals surface area contributed by atoms with Gasteiger partial charge in [-0.1, -0.05) is 155 Å². The van der Waals surface area contributed by atoms with Gasteiger partial charge in [-0.25, -0.2) is 4.79 Å². The first-order valence-corrected chi connectivity index (χ1v) is 23.6. The number of esters is 1. The molecule has 0 spiro atoms. The molecule has 3 aliphatic heterocycles. The second-order valence-electron chi connectivity index (χ2n) is 16.1. The Morgan fingerprint density at radius 1 is 0.776 bits per heavy atom. The number of aliphatic hydroxyl groups is 1. The molecule has 1 amide bonds. The van der Waals surface area contributed by atoms with Gasteiger partial charge < -0.3 is 53.1 Å². The van der Waals surface area contributed by atoms with E-state index in [9.17, 15) is 14.7 Å². The summed E-state index contributed by atoms with van der Waals surface area (Å²) in [5.41, 5.74) is 2.86. The molecule has 0 saturated carbocycles. The number of hydrogen-bond acceptors (Lipinski definition) is 13. The van der Waals surface area contributed by atoms with Gasteiger partial charge >= 0.3 is 5.97 Å². The quantitative estimate of drug-likeness (QED) is 0.0722. The van der Waals surface area contributed by atoms with Crippen molar-refractivity contribution < 1.29 is 57.3 Å². The van der Waals surface area contributed by atoms with Crippen LogP contribution < -0.4 is 10.1 Å². The van der Waals surface area contributed by atoms with Crippen molar-refractivity contribution >= 4 is 58.4 Å². The molecular weight excluding hydrogens is 945 g/mol. The third kappa shape index (κ3) is 12.7. The van der Waals surface area contributed by atoms with Crippen molar-refractivity contribution in [2.75, 3.05) is 20.3 Å². The van der Waals surface area contributed by atoms with E-state index in [-0.39, 0.29) is 26.4 Å². The molecule has 354 valence electrons. The second-order valence-corrected chi connectivity index (χ2v) is 19.6. The standard InChI is InChI=1S/C50H50Cl3NO12S/c1-30-18-24-36(25-19-30)67-48-44(64-45(56)33-14-8-4-9-15-33)43(60-27-31-12-6-3-7-13-31)42(37(63-48)28-59-26-32-20-22-35(58-2)23-21-32)66-47-39(54-49(57)50(51,52)53)40(55)41-38(62-47)29-61-46(65-41)34-16-10-5-11-17-34/h3-25,37-44,46-48,55H,26-29H2,1-2H3,(H,54,57)/t37-,38-,39-,40-,41+,42-,43+,44-,46?,47+,48+/m1/s1. The summed E-state index contributed by atoms with van der Waals surface area (Å²) in [7, 11) is 1.59. The largest absolute Gasteiger partial charge is 0.497 e. The number of rotatable bonds is 16. The minimum atomic E-state index is -2.44. The lowest BCUT2D eigenvalue weighted by atomic mass is 9.94. The molecule has 0 radical (unpaired) electrons. The number of halogens is 3. The fraction of sp³-hybridized carbons (Fsp3) is 0.360. The third-order valence-electron chi connectivity index (χ3n) is 11.4. The molecule has 3 fully saturated rings. The highest BCUT2D eigenvalue weighted by Crippen LogP contribution is 2.41. The Bertz CT molecular complexity index is 2350. The maximum atomic E-state index is 14.1. The van der Waals surface area contributed by atoms with Crippen LogP contribution in [0.4, 0.5) is 0 Å². The van der Waals surface area contributed by atoms with E-state index in [1.54, 1.807) is 37.4 Å². The molecule has 11 atom stereocenters. The number of amides is 1. The predicted octanol–water partition coefficient (Wildman–Crippen LogP) is 8.29. The van der Waals surface area contributed by atoms with Gasteiger partial charge in [0.1, 0.15) is 53.9 Å². The van der Waals surface area contributed by atoms with Crippen LogP contribution in [0.5, 0.6) is 5.75 Å². The molecular formula is C50H50Cl3NO12S. The zero-order valence-electron chi connectivity index (χ0n) is 36.4. The lowest BCUT2D eigenvalue weighted by molar-refractivity contribution is -0.362. The number of hydrogen-bond donors (Lipinski definition) is 2. The van der Waals surface area contributed by atoms with E-state index in [1.165, 1.54) is 11.8 Å². The average Bonchev–Trinajstić information content (AvgIpc) is 3.34. The number of thioether (sulfide) groups is 1. The van der Waals surface area contributed by atoms with E-state index >= 15 is 0 Å². The Labute approximate surface area is 408 Å². The first kappa shape index (κ1) is 49.2. The van der Waals surface area contributed by atoms with E-state index in [0.717, 1.165) is 21.6 Å². The Kier molecular flexibility index (Phi) is 16.8. The molecule has 0 bridgehead atoms. The Hall–Kier alpha value is -4.26. The number of carbonyl (C=O) groups excluding carboxylic acids is 2. The van der Waals surface area contributed by atoms with Gasteiger partial charge in [0.05, 0.1) is 39.1 Å². The highest BCUT2D eigenvalue weighted by molar-refractivity contribution is 7.99. The summed E-state index contributed by atoms with van der Waals surface area (Å²) >= 11 is 19.6. The number of benzene rings is 5. The number of aryl methyl sites for hydroxylation is 1. The van der Waals surface area contributed by atoms with Crippen LogP contribution in [0, 0.1) is 6.92 Å². The zero-order valence-corrected chi connectivity index (χ0v) is 39.5. The zero-order chi connectivity index (χ0) is 46.9. The second kappa shape index (κ2) is 22.9. The molecule has 3 heterocycles. The molecule has 0 aromatic heterocycles. The summed E-state index contributed by atoms with van der Waals surface area (Å²) in [6, 6.07) is 41.2. The summed E-state index contributed by atoms with van der Waals surface area (Å²) in [5, 5.41) is 14.8. The monoisotopic (exact) mass is 993 g/mol. The van der Waals surface area contributed by atoms with E-state index in [4.69, 9.17) is 77.4 Å². The minimum absolute atomic E-state index is 0.0254. The predicted molar refractivity (Wildman–Crippen MR) is 251 cm³/mol. The first-order chi connectivity index (χ1) is 32.4. The number of alkyl halides is 3. The molecule has 17 heteroatoms. The van der Waals surface area contributed by atoms with Gasteiger partial charge in [0.25, 0.3) is 9.70 Å². The molecule has 5 aromatic carbocycles. The maximum Gasteiger partial charge on any atom is 0.338 e. The van der Waals surface area contributed by atoms with Gasteiger partial charge in [-0.3, -0.25) is 4.79 Å². The summed E-state index contributed by atoms with van der Waals surface area (Å²) < 4.78 is 55.6. The molecule has 5 aromatic rings. The minimum Gasteiger partial charge on any atom is -0.497 e. The van der Waals surface area contributed by atoms with Crippen LogP contribution in [0.25, 0.3) is 0 Å². The van der Waals surface area contributed by atoms with Crippen molar-refractivity contribution in [2.24, 2.45) is 0 Å². The number of carbonyl (C=O) groups is 2. The van der Waals surface area contributed by atoms with Gasteiger partial charge in [-0.05, 0) is 54.4 Å². The number of nitrogens with one attached hydrogen (secondary N) is 1. The van der Waals surface area contributed by atoms with E-state index in [2.05, 4.69) is 5.32 Å². The number of ether oxygens (including phenoxy) is 9. The highest BCUT2D eigenvalue weighted by atomic mass is 35.6. The molecule has 3 aliphatic rings. The SMILES string of the molecule is COc1ccc(COC[C@H]2O[C@@H](Sc3ccc(C)cc3)[C@H](OC(=O)c3ccccc3)[C@@H](OCc3ccccc3)[C@@H]2O[C@@H]2O[C@@H]3COC(c4ccccc4)O[C@@H]3[C@H](O)[C@H]2NC(=O)C(Cl)(Cl)Cl)cc1. The van der Waals surface area contributed by atoms with E-state index < -0.39 is 82.5 Å². The maximum absolute atomic E-state index is 14.1. The van der Waals surface area contributed by atoms with Crippen LogP contribution in [0.15, 0.2) is 144 Å². The van der Waals surface area contributed by atoms with Crippen LogP contribution in [0.1, 0.15) is 38.9 Å². The van der Waals surface area contributed by atoms with Crippen molar-refractivity contribution in [3.63, 3.8) is 0 Å². The lowest BCUT2D eigenvalue weighted by Gasteiger charge is -2.51. The first-order valence-electron chi connectivity index (χ1n) is 21.6. The number of methoxy groups -OCH3 is 1. The normalized spacial score (nSPS) is 27.3. The van der Waals surface area contributed by atoms with Crippen molar-refractivity contribution in [1.82, 2.24) is 5.32 Å². The summed E-state index contributed by atoms with van der Waals surface area (Å²) in [6.07, 6.45) is -10.2. The van der Waals surface area contributed by atoms with Crippen molar-refractivity contribution in [3.8, 4) is 5.75 Å². The van der Waals surface area contributed by atoms with Crippen LogP contribution in [-0.2, 0) is 55.9 Å². The fourth-order valence-corrected chi connectivity index (χ4v) is 9.18. The number of fused-ring (bicyclic) bond motifs is 1. The summed E-state index contributed by atoms with van der Waals surface area (Å²) in [4.78, 5) is 28.5. The van der Waals surface area contributed by atoms with Crippen molar-refractivity contribution in [1.29, 1.82) is 0 Å². The highest BCUT2D eigenvalue weighted by Gasteiger charge is 2.56. The van der Waals surface area contributed by atoms with Crippen LogP contribution in [0.2, 0.25) is 0 Å². The van der Waals surface area contributed by atoms with Gasteiger partial charge in [0.15, 0.2) is 18.7 Å². The molecule has 2 N–H and O–H groups in total. The molecule has 1 unspecified atom stereocenters. The average molecular weight is 995 g/mol. The Balaban J connectivity index is 1.18. The Morgan fingerprint density at radius 3 is 2.10 bits per heavy atom. The third-order valence-corrected chi connectivity index (χ3v) is 13.1. The topological polar surface area (TPSA) is 149 Å². The molecule has 8 rings (SSSR count). The van der Waals surface area contributed by atoms with Gasteiger partial charge in [0, 0.05) is 10.5 Å². The summed E-state index contributed by atoms with van der Waals surface area (Å²) in [5.74, 6) is -0.991. The number of aliphatic hydroxyl groups excluding tert-OH is 1. The van der Waals surface area contributed by atoms with Gasteiger partial charge in [-0.15, -0.1) is 0 Å². The molecule has 67 heavy (non-hydrogen) atoms. The summed E-state index contributed by atoms with van der Waals surface area (Å²) in [6.45, 7) is 2.13. The van der Waals surface area contributed by atoms with E-state index in [1.807, 2.05) is 116 Å². The Morgan fingerprint density at radius 2 is 1.43 bits per heavy atom. The van der Waals surface area contributed by atoms with Crippen LogP contribution in [0.3, 0.4) is 0 Å². The lowest BCUT2D eigenvalue weighted by Crippen LogP contribution is -2.69. The fourth-order valence-electron chi connectivity index (χ4n) is 7.91. The van der Waals surface area contributed by atoms with E-state index in [0.29, 0.717) is 16.9 Å². The van der Waals surface area contributed by atoms with Crippen LogP contribution >= 0.6 is 46.6 Å². The van der Waals surface area contributed by atoms with Crippen molar-refractivity contribution in [3.05, 3.63) is 167 Å². The van der Waals surface area contributed by atoms with Gasteiger partial charge in [0.2, 0.25) is 0 Å². The molecule has 3 saturated heterocycles. The van der Waals surface area contributed by atoms with Crippen molar-refractivity contribution in [2.45, 2.75) is 95.6 Å². The molecule has 13 nitrogen and oxygen atoms in total. The molecule has 0 aliphatic carbocycles. The van der Waals surface area contributed by atoms with Gasteiger partial charge in [-0.2, -0.15) is 0 Å². The van der Waals surface area contributed by atoms with Crippen LogP contribution in [-0.4, -0.2) is 102 Å². The smallest absolute Gasteiger partial charge is 0.338 e.